The molecule has 0 spiro atoms. The van der Waals surface area contributed by atoms with Crippen LogP contribution in [0.15, 0.2) is 41.3 Å². The SMILES string of the molecule is COCC1C2CCC2N1c1c(F)cc(N2C[C@H](COS(=O)(=O)c3ccc(C)cc3)OC2=O)cc1F. The van der Waals surface area contributed by atoms with Crippen molar-refractivity contribution in [1.82, 2.24) is 0 Å². The number of anilines is 2. The van der Waals surface area contributed by atoms with Crippen molar-refractivity contribution in [3.8, 4) is 0 Å². The molecule has 2 heterocycles. The predicted octanol–water partition coefficient (Wildman–Crippen LogP) is 3.62. The number of methoxy groups -OCH3 is 1. The van der Waals surface area contributed by atoms with Crippen molar-refractivity contribution < 1.29 is 35.6 Å². The Bertz CT molecular complexity index is 1220. The van der Waals surface area contributed by atoms with Crippen molar-refractivity contribution in [2.75, 3.05) is 36.7 Å². The van der Waals surface area contributed by atoms with Gasteiger partial charge < -0.3 is 14.4 Å². The first-order valence-electron chi connectivity index (χ1n) is 11.4. The van der Waals surface area contributed by atoms with Crippen LogP contribution in [0, 0.1) is 24.5 Å². The van der Waals surface area contributed by atoms with Gasteiger partial charge in [0, 0.05) is 31.2 Å². The molecule has 0 N–H and O–H groups in total. The fraction of sp³-hybridized carbons (Fsp3) is 0.458. The highest BCUT2D eigenvalue weighted by Crippen LogP contribution is 2.51. The van der Waals surface area contributed by atoms with Crippen LogP contribution in [0.2, 0.25) is 0 Å². The van der Waals surface area contributed by atoms with Crippen molar-refractivity contribution >= 4 is 27.6 Å². The fourth-order valence-electron chi connectivity index (χ4n) is 5.07. The van der Waals surface area contributed by atoms with Gasteiger partial charge in [0.05, 0.1) is 29.8 Å². The molecule has 35 heavy (non-hydrogen) atoms. The van der Waals surface area contributed by atoms with Gasteiger partial charge >= 0.3 is 6.09 Å². The molecule has 1 aliphatic carbocycles. The molecule has 5 rings (SSSR count). The Morgan fingerprint density at radius 1 is 1.09 bits per heavy atom. The average molecular weight is 509 g/mol. The van der Waals surface area contributed by atoms with Crippen molar-refractivity contribution in [2.45, 2.75) is 42.8 Å². The first kappa shape index (κ1) is 24.0. The number of piperidine rings is 1. The van der Waals surface area contributed by atoms with Crippen LogP contribution in [-0.2, 0) is 23.8 Å². The minimum absolute atomic E-state index is 0.00776. The second kappa shape index (κ2) is 9.03. The molecule has 3 fully saturated rings. The second-order valence-corrected chi connectivity index (χ2v) is 10.8. The minimum atomic E-state index is -4.05. The summed E-state index contributed by atoms with van der Waals surface area (Å²) in [4.78, 5) is 15.2. The van der Waals surface area contributed by atoms with Gasteiger partial charge in [-0.1, -0.05) is 17.7 Å². The Hall–Kier alpha value is -2.76. The molecule has 0 aromatic heterocycles. The van der Waals surface area contributed by atoms with Crippen molar-refractivity contribution in [3.05, 3.63) is 53.6 Å². The van der Waals surface area contributed by atoms with E-state index >= 15 is 8.78 Å². The van der Waals surface area contributed by atoms with Gasteiger partial charge in [-0.3, -0.25) is 9.08 Å². The summed E-state index contributed by atoms with van der Waals surface area (Å²) in [6.45, 7) is 1.68. The zero-order valence-electron chi connectivity index (χ0n) is 19.3. The largest absolute Gasteiger partial charge is 0.441 e. The van der Waals surface area contributed by atoms with Crippen molar-refractivity contribution in [3.63, 3.8) is 0 Å². The van der Waals surface area contributed by atoms with Gasteiger partial charge in [-0.15, -0.1) is 0 Å². The number of cyclic esters (lactones) is 1. The molecule has 2 saturated heterocycles. The number of nitrogens with zero attached hydrogens (tertiary/aromatic N) is 2. The van der Waals surface area contributed by atoms with E-state index in [1.54, 1.807) is 24.1 Å². The molecule has 1 amide bonds. The van der Waals surface area contributed by atoms with E-state index in [9.17, 15) is 13.2 Å². The second-order valence-electron chi connectivity index (χ2n) is 9.16. The van der Waals surface area contributed by atoms with Crippen LogP contribution in [0.3, 0.4) is 0 Å². The molecule has 2 aromatic rings. The van der Waals surface area contributed by atoms with Crippen LogP contribution in [0.1, 0.15) is 18.4 Å². The van der Waals surface area contributed by atoms with Crippen LogP contribution in [0.5, 0.6) is 0 Å². The molecule has 11 heteroatoms. The van der Waals surface area contributed by atoms with E-state index in [1.807, 2.05) is 6.92 Å². The van der Waals surface area contributed by atoms with E-state index in [0.29, 0.717) is 12.5 Å². The number of amides is 1. The summed E-state index contributed by atoms with van der Waals surface area (Å²) in [5.74, 6) is -1.18. The Labute approximate surface area is 202 Å². The maximum absolute atomic E-state index is 15.1. The Kier molecular flexibility index (Phi) is 6.18. The van der Waals surface area contributed by atoms with E-state index in [-0.39, 0.29) is 34.9 Å². The number of aryl methyl sites for hydroxylation is 1. The number of hydrogen-bond donors (Lipinski definition) is 0. The van der Waals surface area contributed by atoms with Gasteiger partial charge in [0.15, 0.2) is 11.6 Å². The number of benzene rings is 2. The molecule has 2 aromatic carbocycles. The molecule has 188 valence electrons. The number of hydrogen-bond acceptors (Lipinski definition) is 7. The lowest BCUT2D eigenvalue weighted by Crippen LogP contribution is -2.71. The zero-order chi connectivity index (χ0) is 24.9. The van der Waals surface area contributed by atoms with E-state index < -0.39 is 40.6 Å². The van der Waals surface area contributed by atoms with E-state index in [2.05, 4.69) is 0 Å². The zero-order valence-corrected chi connectivity index (χ0v) is 20.1. The summed E-state index contributed by atoms with van der Waals surface area (Å²) in [5, 5.41) is 0. The van der Waals surface area contributed by atoms with Crippen LogP contribution in [0.25, 0.3) is 0 Å². The first-order valence-corrected chi connectivity index (χ1v) is 12.8. The normalized spacial score (nSPS) is 25.7. The molecule has 0 radical (unpaired) electrons. The maximum Gasteiger partial charge on any atom is 0.414 e. The van der Waals surface area contributed by atoms with Gasteiger partial charge in [0.25, 0.3) is 10.1 Å². The van der Waals surface area contributed by atoms with Crippen LogP contribution < -0.4 is 9.80 Å². The van der Waals surface area contributed by atoms with Crippen molar-refractivity contribution in [2.24, 2.45) is 5.92 Å². The Morgan fingerprint density at radius 2 is 1.77 bits per heavy atom. The maximum atomic E-state index is 15.1. The first-order chi connectivity index (χ1) is 16.7. The number of fused-ring (bicyclic) bond motifs is 1. The molecular formula is C24H26F2N2O6S. The quantitative estimate of drug-likeness (QED) is 0.504. The fourth-order valence-corrected chi connectivity index (χ4v) is 6.01. The number of carbonyl (C=O) groups excluding carboxylic acids is 1. The highest BCUT2D eigenvalue weighted by molar-refractivity contribution is 7.86. The number of ether oxygens (including phenoxy) is 2. The van der Waals surface area contributed by atoms with Gasteiger partial charge in [0.1, 0.15) is 18.4 Å². The summed E-state index contributed by atoms with van der Waals surface area (Å²) in [6, 6.07) is 8.34. The highest BCUT2D eigenvalue weighted by atomic mass is 32.2. The Morgan fingerprint density at radius 3 is 2.37 bits per heavy atom. The number of halogens is 2. The summed E-state index contributed by atoms with van der Waals surface area (Å²) in [7, 11) is -2.49. The van der Waals surface area contributed by atoms with Crippen LogP contribution in [0.4, 0.5) is 25.0 Å². The van der Waals surface area contributed by atoms with E-state index in [4.69, 9.17) is 13.7 Å². The number of rotatable bonds is 8. The molecule has 4 atom stereocenters. The summed E-state index contributed by atoms with van der Waals surface area (Å²) in [5.41, 5.74) is 0.769. The molecule has 3 aliphatic rings. The summed E-state index contributed by atoms with van der Waals surface area (Å²) < 4.78 is 70.5. The molecule has 8 nitrogen and oxygen atoms in total. The molecule has 1 saturated carbocycles. The minimum Gasteiger partial charge on any atom is -0.441 e. The van der Waals surface area contributed by atoms with Crippen LogP contribution in [-0.4, -0.2) is 59.6 Å². The third-order valence-corrected chi connectivity index (χ3v) is 8.30. The lowest BCUT2D eigenvalue weighted by Gasteiger charge is -2.62. The average Bonchev–Trinajstić information content (AvgIpc) is 3.16. The smallest absolute Gasteiger partial charge is 0.414 e. The Balaban J connectivity index is 1.28. The van der Waals surface area contributed by atoms with E-state index in [0.717, 1.165) is 35.4 Å². The van der Waals surface area contributed by atoms with Crippen molar-refractivity contribution in [1.29, 1.82) is 0 Å². The standard InChI is InChI=1S/C24H26F2N2O6S/c1-14-3-5-17(6-4-14)35(30,31)33-12-16-11-27(24(29)34-16)15-9-19(25)23(20(26)10-15)28-21-8-7-18(21)22(28)13-32-2/h3-6,9-10,16,18,21-22H,7-8,11-13H2,1-2H3/t16-,18?,21?,22?/m1/s1. The summed E-state index contributed by atoms with van der Waals surface area (Å²) in [6.07, 6.45) is 0.125. The summed E-state index contributed by atoms with van der Waals surface area (Å²) >= 11 is 0. The lowest BCUT2D eigenvalue weighted by molar-refractivity contribution is 0.0333. The lowest BCUT2D eigenvalue weighted by atomic mass is 9.65. The van der Waals surface area contributed by atoms with Gasteiger partial charge in [-0.05, 0) is 31.9 Å². The monoisotopic (exact) mass is 508 g/mol. The molecule has 2 aliphatic heterocycles. The number of carbonyl (C=O) groups is 1. The molecular weight excluding hydrogens is 482 g/mol. The van der Waals surface area contributed by atoms with E-state index in [1.165, 1.54) is 12.1 Å². The van der Waals surface area contributed by atoms with Crippen LogP contribution >= 0.6 is 0 Å². The topological polar surface area (TPSA) is 85.4 Å². The molecule has 3 unspecified atom stereocenters. The predicted molar refractivity (Wildman–Crippen MR) is 123 cm³/mol. The highest BCUT2D eigenvalue weighted by Gasteiger charge is 2.55. The molecule has 0 bridgehead atoms. The third-order valence-electron chi connectivity index (χ3n) is 7.00. The van der Waals surface area contributed by atoms with Gasteiger partial charge in [-0.2, -0.15) is 8.42 Å². The van der Waals surface area contributed by atoms with Gasteiger partial charge in [-0.25, -0.2) is 13.6 Å². The van der Waals surface area contributed by atoms with Gasteiger partial charge in [0.2, 0.25) is 0 Å². The third kappa shape index (κ3) is 4.25.